The Kier molecular flexibility index (Phi) is 6.48. The number of benzene rings is 4. The molecule has 0 N–H and O–H groups in total. The Hall–Kier alpha value is -3.74. The molecule has 1 aliphatic rings. The van der Waals surface area contributed by atoms with Crippen molar-refractivity contribution in [3.05, 3.63) is 138 Å². The average Bonchev–Trinajstić information content (AvgIpc) is 3.32. The van der Waals surface area contributed by atoms with Crippen LogP contribution < -0.4 is 0 Å². The Morgan fingerprint density at radius 1 is 0.722 bits per heavy atom. The molecular weight excluding hydrogens is 492 g/mol. The highest BCUT2D eigenvalue weighted by Crippen LogP contribution is 2.46. The lowest BCUT2D eigenvalue weighted by Crippen LogP contribution is -2.46. The van der Waals surface area contributed by atoms with Crippen molar-refractivity contribution in [2.24, 2.45) is 5.10 Å². The third-order valence-electron chi connectivity index (χ3n) is 6.31. The van der Waals surface area contributed by atoms with Crippen LogP contribution in [0, 0.1) is 0 Å². The lowest BCUT2D eigenvalue weighted by molar-refractivity contribution is -0.106. The summed E-state index contributed by atoms with van der Waals surface area (Å²) in [7, 11) is -4.26. The Morgan fingerprint density at radius 3 is 1.53 bits per heavy atom. The summed E-state index contributed by atoms with van der Waals surface area (Å²) < 4.78 is 26.2. The molecule has 0 saturated carbocycles. The van der Waals surface area contributed by atoms with Gasteiger partial charge in [0.2, 0.25) is 9.84 Å². The second-order valence-electron chi connectivity index (χ2n) is 8.44. The molecule has 0 radical (unpaired) electrons. The van der Waals surface area contributed by atoms with Crippen molar-refractivity contribution >= 4 is 32.3 Å². The van der Waals surface area contributed by atoms with Gasteiger partial charge in [-0.1, -0.05) is 121 Å². The van der Waals surface area contributed by atoms with E-state index < -0.39 is 26.0 Å². The zero-order valence-corrected chi connectivity index (χ0v) is 20.8. The SMILES string of the molecule is O=C(C1=NN(C(c2ccccc2)(c2ccccc2)c2ccccc2)C(Cl)C1)S(=O)(=O)c1ccccc1. The Labute approximate surface area is 215 Å². The summed E-state index contributed by atoms with van der Waals surface area (Å²) >= 11 is 6.91. The summed E-state index contributed by atoms with van der Waals surface area (Å²) in [5.41, 5.74) is 0.792. The molecule has 1 unspecified atom stereocenters. The maximum atomic E-state index is 13.3. The zero-order chi connectivity index (χ0) is 25.2. The van der Waals surface area contributed by atoms with E-state index in [-0.39, 0.29) is 17.0 Å². The topological polar surface area (TPSA) is 66.8 Å². The predicted octanol–water partition coefficient (Wildman–Crippen LogP) is 5.61. The fourth-order valence-electron chi connectivity index (χ4n) is 4.69. The van der Waals surface area contributed by atoms with Crippen LogP contribution in [-0.2, 0) is 20.2 Å². The molecule has 1 atom stereocenters. The standard InChI is InChI=1S/C29H23ClN2O3S/c30-27-21-26(28(33)36(34,35)25-19-11-4-12-20-25)31-32(27)29(22-13-5-1-6-14-22,23-15-7-2-8-16-23)24-17-9-3-10-18-24/h1-20,27H,21H2. The molecular formula is C29H23ClN2O3S. The fourth-order valence-corrected chi connectivity index (χ4v) is 6.19. The van der Waals surface area contributed by atoms with Gasteiger partial charge < -0.3 is 0 Å². The van der Waals surface area contributed by atoms with Crippen LogP contribution in [-0.4, -0.2) is 29.8 Å². The van der Waals surface area contributed by atoms with Gasteiger partial charge in [-0.2, -0.15) is 5.10 Å². The number of nitrogens with zero attached hydrogens (tertiary/aromatic N) is 2. The van der Waals surface area contributed by atoms with Gasteiger partial charge in [0, 0.05) is 6.42 Å². The van der Waals surface area contributed by atoms with Gasteiger partial charge >= 0.3 is 0 Å². The van der Waals surface area contributed by atoms with Crippen LogP contribution in [0.15, 0.2) is 131 Å². The molecule has 0 saturated heterocycles. The highest BCUT2D eigenvalue weighted by molar-refractivity contribution is 8.08. The van der Waals surface area contributed by atoms with E-state index in [1.54, 1.807) is 23.2 Å². The van der Waals surface area contributed by atoms with Gasteiger partial charge in [-0.25, -0.2) is 8.42 Å². The average molecular weight is 515 g/mol. The number of halogens is 1. The Bertz CT molecular complexity index is 1400. The highest BCUT2D eigenvalue weighted by Gasteiger charge is 2.49. The summed E-state index contributed by atoms with van der Waals surface area (Å²) in [4.78, 5) is 13.2. The molecule has 5 nitrogen and oxygen atoms in total. The van der Waals surface area contributed by atoms with E-state index >= 15 is 0 Å². The maximum absolute atomic E-state index is 13.3. The molecule has 0 spiro atoms. The van der Waals surface area contributed by atoms with Gasteiger partial charge in [0.25, 0.3) is 5.12 Å². The third kappa shape index (κ3) is 4.02. The molecule has 0 aliphatic carbocycles. The van der Waals surface area contributed by atoms with Crippen LogP contribution in [0.25, 0.3) is 0 Å². The molecule has 0 aromatic heterocycles. The number of hydrazone groups is 1. The summed E-state index contributed by atoms with van der Waals surface area (Å²) in [6.45, 7) is 0. The van der Waals surface area contributed by atoms with Crippen molar-refractivity contribution < 1.29 is 13.2 Å². The van der Waals surface area contributed by atoms with E-state index in [9.17, 15) is 13.2 Å². The number of hydrogen-bond acceptors (Lipinski definition) is 5. The molecule has 4 aromatic carbocycles. The van der Waals surface area contributed by atoms with Crippen LogP contribution in [0.5, 0.6) is 0 Å². The quantitative estimate of drug-likeness (QED) is 0.191. The second-order valence-corrected chi connectivity index (χ2v) is 10.8. The minimum atomic E-state index is -4.26. The molecule has 0 fully saturated rings. The highest BCUT2D eigenvalue weighted by atomic mass is 35.5. The zero-order valence-electron chi connectivity index (χ0n) is 19.2. The van der Waals surface area contributed by atoms with Crippen LogP contribution >= 0.6 is 11.6 Å². The largest absolute Gasteiger partial charge is 0.297 e. The number of hydrogen-bond donors (Lipinski definition) is 0. The first-order valence-corrected chi connectivity index (χ1v) is 13.4. The van der Waals surface area contributed by atoms with Crippen LogP contribution in [0.3, 0.4) is 0 Å². The summed E-state index contributed by atoms with van der Waals surface area (Å²) in [5.74, 6) is 0. The molecule has 0 bridgehead atoms. The first-order chi connectivity index (χ1) is 17.5. The summed E-state index contributed by atoms with van der Waals surface area (Å²) in [6, 6.07) is 37.0. The van der Waals surface area contributed by atoms with Gasteiger partial charge in [-0.3, -0.25) is 9.80 Å². The number of carbonyl (C=O) groups is 1. The van der Waals surface area contributed by atoms with Gasteiger partial charge in [0.05, 0.1) is 4.90 Å². The van der Waals surface area contributed by atoms with E-state index in [1.807, 2.05) is 91.0 Å². The number of rotatable bonds is 6. The predicted molar refractivity (Wildman–Crippen MR) is 141 cm³/mol. The maximum Gasteiger partial charge on any atom is 0.297 e. The minimum absolute atomic E-state index is 0.0132. The number of alkyl halides is 1. The summed E-state index contributed by atoms with van der Waals surface area (Å²) in [5, 5.41) is 5.28. The second kappa shape index (κ2) is 9.72. The van der Waals surface area contributed by atoms with E-state index in [1.165, 1.54) is 12.1 Å². The molecule has 180 valence electrons. The molecule has 0 amide bonds. The van der Waals surface area contributed by atoms with Crippen molar-refractivity contribution in [3.8, 4) is 0 Å². The lowest BCUT2D eigenvalue weighted by Gasteiger charge is -2.43. The van der Waals surface area contributed by atoms with Crippen LogP contribution in [0.4, 0.5) is 0 Å². The van der Waals surface area contributed by atoms with Gasteiger partial charge in [0.15, 0.2) is 0 Å². The normalized spacial score (nSPS) is 16.0. The lowest BCUT2D eigenvalue weighted by atomic mass is 9.76. The molecule has 1 aliphatic heterocycles. The van der Waals surface area contributed by atoms with E-state index in [2.05, 4.69) is 5.10 Å². The first kappa shape index (κ1) is 24.0. The van der Waals surface area contributed by atoms with Crippen molar-refractivity contribution in [1.29, 1.82) is 0 Å². The smallest absolute Gasteiger partial charge is 0.274 e. The molecule has 4 aromatic rings. The summed E-state index contributed by atoms with van der Waals surface area (Å²) in [6.07, 6.45) is -0.0132. The Balaban J connectivity index is 1.72. The fraction of sp³-hybridized carbons (Fsp3) is 0.103. The molecule has 7 heteroatoms. The Morgan fingerprint density at radius 2 is 1.11 bits per heavy atom. The van der Waals surface area contributed by atoms with Crippen molar-refractivity contribution in [1.82, 2.24) is 5.01 Å². The van der Waals surface area contributed by atoms with E-state index in [0.29, 0.717) is 0 Å². The van der Waals surface area contributed by atoms with Crippen molar-refractivity contribution in [3.63, 3.8) is 0 Å². The molecule has 5 rings (SSSR count). The monoisotopic (exact) mass is 514 g/mol. The van der Waals surface area contributed by atoms with Crippen molar-refractivity contribution in [2.75, 3.05) is 0 Å². The third-order valence-corrected chi connectivity index (χ3v) is 8.26. The molecule has 1 heterocycles. The number of carbonyl (C=O) groups excluding carboxylic acids is 1. The van der Waals surface area contributed by atoms with E-state index in [4.69, 9.17) is 11.6 Å². The van der Waals surface area contributed by atoms with Crippen LogP contribution in [0.1, 0.15) is 23.1 Å². The molecule has 36 heavy (non-hydrogen) atoms. The van der Waals surface area contributed by atoms with Crippen LogP contribution in [0.2, 0.25) is 0 Å². The van der Waals surface area contributed by atoms with Gasteiger partial charge in [0.1, 0.15) is 16.8 Å². The van der Waals surface area contributed by atoms with Gasteiger partial charge in [-0.05, 0) is 28.8 Å². The van der Waals surface area contributed by atoms with E-state index in [0.717, 1.165) is 16.7 Å². The number of sulfone groups is 1. The van der Waals surface area contributed by atoms with Crippen molar-refractivity contribution in [2.45, 2.75) is 22.4 Å². The van der Waals surface area contributed by atoms with Gasteiger partial charge in [-0.15, -0.1) is 0 Å². The first-order valence-electron chi connectivity index (χ1n) is 11.5. The minimum Gasteiger partial charge on any atom is -0.274 e.